The first-order chi connectivity index (χ1) is 18.1. The van der Waals surface area contributed by atoms with Gasteiger partial charge in [-0.05, 0) is 36.6 Å². The van der Waals surface area contributed by atoms with Crippen LogP contribution < -0.4 is 30.2 Å². The zero-order chi connectivity index (χ0) is 27.0. The van der Waals surface area contributed by atoms with Crippen molar-refractivity contribution in [2.45, 2.75) is 30.9 Å². The molecule has 1 atom stereocenters. The van der Waals surface area contributed by atoms with Crippen LogP contribution in [0.15, 0.2) is 41.6 Å². The highest BCUT2D eigenvalue weighted by Gasteiger charge is 2.52. The van der Waals surface area contributed by atoms with Crippen molar-refractivity contribution in [3.63, 3.8) is 0 Å². The van der Waals surface area contributed by atoms with E-state index in [-0.39, 0.29) is 54.4 Å². The maximum Gasteiger partial charge on any atom is 0.262 e. The lowest BCUT2D eigenvalue weighted by molar-refractivity contribution is -0.129. The van der Waals surface area contributed by atoms with Crippen LogP contribution in [0.1, 0.15) is 19.3 Å². The molecular formula is C25H22Cl2FN3O7. The highest BCUT2D eigenvalue weighted by atomic mass is 35.5. The van der Waals surface area contributed by atoms with E-state index in [4.69, 9.17) is 37.4 Å². The summed E-state index contributed by atoms with van der Waals surface area (Å²) in [6.45, 7) is -0.910. The van der Waals surface area contributed by atoms with Gasteiger partial charge in [0, 0.05) is 29.3 Å². The van der Waals surface area contributed by atoms with Crippen LogP contribution in [0.3, 0.4) is 0 Å². The predicted octanol–water partition coefficient (Wildman–Crippen LogP) is 2.70. The molecule has 1 saturated carbocycles. The topological polar surface area (TPSA) is 135 Å². The van der Waals surface area contributed by atoms with Crippen molar-refractivity contribution in [1.82, 2.24) is 10.6 Å². The summed E-state index contributed by atoms with van der Waals surface area (Å²) in [7, 11) is 0. The second-order valence-corrected chi connectivity index (χ2v) is 10.0. The summed E-state index contributed by atoms with van der Waals surface area (Å²) in [6, 6.07) is 6.85. The van der Waals surface area contributed by atoms with E-state index in [2.05, 4.69) is 16.0 Å². The van der Waals surface area contributed by atoms with E-state index in [0.717, 1.165) is 11.6 Å². The molecule has 2 bridgehead atoms. The van der Waals surface area contributed by atoms with Gasteiger partial charge < -0.3 is 35.3 Å². The molecule has 2 aromatic carbocycles. The van der Waals surface area contributed by atoms with Crippen molar-refractivity contribution in [1.29, 1.82) is 0 Å². The van der Waals surface area contributed by atoms with Crippen LogP contribution in [0, 0.1) is 5.82 Å². The highest BCUT2D eigenvalue weighted by molar-refractivity contribution is 6.31. The molecule has 3 amide bonds. The van der Waals surface area contributed by atoms with Gasteiger partial charge in [-0.3, -0.25) is 14.4 Å². The third kappa shape index (κ3) is 5.35. The zero-order valence-corrected chi connectivity index (χ0v) is 21.2. The zero-order valence-electron chi connectivity index (χ0n) is 19.7. The first kappa shape index (κ1) is 26.1. The lowest BCUT2D eigenvalue weighted by atomic mass is 9.62. The Balaban J connectivity index is 1.14. The summed E-state index contributed by atoms with van der Waals surface area (Å²) in [5, 5.41) is 19.2. The van der Waals surface area contributed by atoms with E-state index in [0.29, 0.717) is 29.2 Å². The number of fused-ring (bicyclic) bond motifs is 3. The number of aliphatic hydroxyl groups excluding tert-OH is 1. The number of hydrogen-bond donors (Lipinski definition) is 4. The molecule has 0 unspecified atom stereocenters. The maximum atomic E-state index is 13.5. The third-order valence-electron chi connectivity index (χ3n) is 6.46. The molecule has 1 aliphatic heterocycles. The first-order valence-corrected chi connectivity index (χ1v) is 12.3. The molecular weight excluding hydrogens is 544 g/mol. The average Bonchev–Trinajstić information content (AvgIpc) is 2.83. The van der Waals surface area contributed by atoms with Gasteiger partial charge in [-0.25, -0.2) is 4.39 Å². The Labute approximate surface area is 226 Å². The van der Waals surface area contributed by atoms with Gasteiger partial charge in [-0.2, -0.15) is 0 Å². The molecule has 1 fully saturated rings. The van der Waals surface area contributed by atoms with E-state index in [1.54, 1.807) is 0 Å². The van der Waals surface area contributed by atoms with Crippen molar-refractivity contribution in [2.75, 3.05) is 25.1 Å². The number of amides is 3. The quantitative estimate of drug-likeness (QED) is 0.386. The SMILES string of the molecule is O=C(COc1cc(Cl)cc2c1OCC(=O)N2)NC1=C2CC(NC(=O)COc3ccc(Cl)c(F)c3)(C2)[C@@H](O)C1. The lowest BCUT2D eigenvalue weighted by Crippen LogP contribution is -2.65. The lowest BCUT2D eigenvalue weighted by Gasteiger charge is -2.52. The minimum Gasteiger partial charge on any atom is -0.484 e. The van der Waals surface area contributed by atoms with E-state index < -0.39 is 29.3 Å². The number of halogens is 3. The summed E-state index contributed by atoms with van der Waals surface area (Å²) in [5.41, 5.74) is 0.971. The smallest absolute Gasteiger partial charge is 0.262 e. The molecule has 10 nitrogen and oxygen atoms in total. The van der Waals surface area contributed by atoms with Gasteiger partial charge in [0.25, 0.3) is 17.7 Å². The van der Waals surface area contributed by atoms with Gasteiger partial charge in [-0.1, -0.05) is 23.2 Å². The van der Waals surface area contributed by atoms with Crippen molar-refractivity contribution in [3.8, 4) is 17.2 Å². The van der Waals surface area contributed by atoms with Crippen LogP contribution in [0.5, 0.6) is 17.2 Å². The monoisotopic (exact) mass is 565 g/mol. The molecule has 0 aromatic heterocycles. The van der Waals surface area contributed by atoms with Crippen LogP contribution in [0.25, 0.3) is 0 Å². The van der Waals surface area contributed by atoms with Crippen LogP contribution in [-0.4, -0.2) is 54.3 Å². The Kier molecular flexibility index (Phi) is 7.08. The normalized spacial score (nSPS) is 21.4. The number of anilines is 1. The molecule has 4 aliphatic rings. The summed E-state index contributed by atoms with van der Waals surface area (Å²) in [5.74, 6) is -1.28. The Morgan fingerprint density at radius 2 is 1.92 bits per heavy atom. The van der Waals surface area contributed by atoms with Crippen LogP contribution >= 0.6 is 23.2 Å². The predicted molar refractivity (Wildman–Crippen MR) is 134 cm³/mol. The van der Waals surface area contributed by atoms with Crippen LogP contribution in [-0.2, 0) is 14.4 Å². The number of nitrogens with one attached hydrogen (secondary N) is 3. The Bertz CT molecular complexity index is 1360. The minimum absolute atomic E-state index is 0.0540. The summed E-state index contributed by atoms with van der Waals surface area (Å²) < 4.78 is 29.8. The fourth-order valence-electron chi connectivity index (χ4n) is 4.62. The number of rotatable bonds is 8. The molecule has 6 rings (SSSR count). The number of carbonyl (C=O) groups excluding carboxylic acids is 3. The first-order valence-electron chi connectivity index (χ1n) is 11.6. The fourth-order valence-corrected chi connectivity index (χ4v) is 4.95. The fraction of sp³-hybridized carbons (Fsp3) is 0.320. The molecule has 200 valence electrons. The molecule has 4 N–H and O–H groups in total. The molecule has 0 saturated heterocycles. The molecule has 2 aromatic rings. The summed E-state index contributed by atoms with van der Waals surface area (Å²) in [4.78, 5) is 36.5. The van der Waals surface area contributed by atoms with Crippen LogP contribution in [0.2, 0.25) is 10.0 Å². The van der Waals surface area contributed by atoms with E-state index in [9.17, 15) is 23.9 Å². The Hall–Kier alpha value is -3.54. The Morgan fingerprint density at radius 3 is 2.66 bits per heavy atom. The van der Waals surface area contributed by atoms with Crippen molar-refractivity contribution in [2.24, 2.45) is 0 Å². The number of hydrogen-bond acceptors (Lipinski definition) is 7. The van der Waals surface area contributed by atoms with E-state index >= 15 is 0 Å². The molecule has 1 heterocycles. The minimum atomic E-state index is -0.940. The van der Waals surface area contributed by atoms with Gasteiger partial charge in [0.05, 0.1) is 22.4 Å². The largest absolute Gasteiger partial charge is 0.484 e. The van der Waals surface area contributed by atoms with Crippen LogP contribution in [0.4, 0.5) is 10.1 Å². The maximum absolute atomic E-state index is 13.5. The molecule has 38 heavy (non-hydrogen) atoms. The van der Waals surface area contributed by atoms with Gasteiger partial charge in [0.1, 0.15) is 11.6 Å². The van der Waals surface area contributed by atoms with Gasteiger partial charge in [0.15, 0.2) is 31.3 Å². The van der Waals surface area contributed by atoms with E-state index in [1.165, 1.54) is 24.3 Å². The van der Waals surface area contributed by atoms with Crippen molar-refractivity contribution < 1.29 is 38.1 Å². The third-order valence-corrected chi connectivity index (χ3v) is 6.98. The number of carbonyl (C=O) groups is 3. The molecule has 3 aliphatic carbocycles. The van der Waals surface area contributed by atoms with Crippen molar-refractivity contribution in [3.05, 3.63) is 57.5 Å². The summed E-state index contributed by atoms with van der Waals surface area (Å²) >= 11 is 11.7. The second-order valence-electron chi connectivity index (χ2n) is 9.18. The Morgan fingerprint density at radius 1 is 1.16 bits per heavy atom. The molecule has 13 heteroatoms. The second kappa shape index (κ2) is 10.3. The van der Waals surface area contributed by atoms with Gasteiger partial charge in [-0.15, -0.1) is 0 Å². The molecule has 0 radical (unpaired) electrons. The average molecular weight is 566 g/mol. The van der Waals surface area contributed by atoms with Crippen molar-refractivity contribution >= 4 is 46.6 Å². The standard InChI is InChI=1S/C25H22Cl2FN3O7/c26-13-3-18-24(38-10-22(34)30-18)19(4-13)37-9-21(33)29-17-6-20(32)25(7-12(17)8-25)31-23(35)11-36-14-1-2-15(27)16(28)5-14/h1-5,20,32H,6-11H2,(H,29,33)(H,30,34)(H,31,35)/t20-/m0/s1. The number of benzene rings is 2. The summed E-state index contributed by atoms with van der Waals surface area (Å²) in [6.07, 6.45) is -0.0837. The molecule has 0 spiro atoms. The number of ether oxygens (including phenoxy) is 3. The number of aliphatic hydroxyl groups is 1. The highest BCUT2D eigenvalue weighted by Crippen LogP contribution is 2.48. The van der Waals surface area contributed by atoms with E-state index in [1.807, 2.05) is 0 Å². The van der Waals surface area contributed by atoms with Gasteiger partial charge in [0.2, 0.25) is 0 Å². The van der Waals surface area contributed by atoms with Gasteiger partial charge >= 0.3 is 0 Å².